The molecule has 0 aliphatic carbocycles. The van der Waals surface area contributed by atoms with Gasteiger partial charge in [-0.25, -0.2) is 8.42 Å². The summed E-state index contributed by atoms with van der Waals surface area (Å²) in [4.78, 5) is 20.7. The molecule has 0 amide bonds. The number of ether oxygens (including phenoxy) is 2. The van der Waals surface area contributed by atoms with Crippen LogP contribution < -0.4 is 15.0 Å². The number of fused-ring (bicyclic) bond motifs is 1. The third-order valence-corrected chi connectivity index (χ3v) is 8.92. The van der Waals surface area contributed by atoms with Gasteiger partial charge in [0.1, 0.15) is 5.82 Å². The van der Waals surface area contributed by atoms with Gasteiger partial charge in [0.15, 0.2) is 16.4 Å². The van der Waals surface area contributed by atoms with Crippen LogP contribution in [0.15, 0.2) is 75.5 Å². The van der Waals surface area contributed by atoms with E-state index >= 15 is 0 Å². The van der Waals surface area contributed by atoms with Gasteiger partial charge in [-0.3, -0.25) is 14.3 Å². The molecule has 0 bridgehead atoms. The van der Waals surface area contributed by atoms with E-state index in [1.54, 1.807) is 30.6 Å². The zero-order valence-corrected chi connectivity index (χ0v) is 23.4. The van der Waals surface area contributed by atoms with Crippen LogP contribution in [0.3, 0.4) is 0 Å². The van der Waals surface area contributed by atoms with Crippen LogP contribution in [0, 0.1) is 6.92 Å². The maximum Gasteiger partial charge on any atom is 0.296 e. The first kappa shape index (κ1) is 27.4. The fourth-order valence-corrected chi connectivity index (χ4v) is 6.38. The zero-order chi connectivity index (χ0) is 28.4. The molecule has 10 heteroatoms. The predicted molar refractivity (Wildman–Crippen MR) is 150 cm³/mol. The zero-order valence-electron chi connectivity index (χ0n) is 22.6. The maximum atomic E-state index is 13.8. The highest BCUT2D eigenvalue weighted by atomic mass is 32.2. The molecule has 0 saturated carbocycles. The highest BCUT2D eigenvalue weighted by Crippen LogP contribution is 2.38. The molecule has 9 nitrogen and oxygen atoms in total. The Kier molecular flexibility index (Phi) is 7.62. The van der Waals surface area contributed by atoms with Crippen molar-refractivity contribution in [2.45, 2.75) is 62.3 Å². The number of aromatic hydroxyl groups is 1. The molecule has 3 heterocycles. The minimum Gasteiger partial charge on any atom is -0.493 e. The second-order valence-corrected chi connectivity index (χ2v) is 11.6. The fraction of sp³-hybridized carbons (Fsp3) is 0.300. The second-order valence-electron chi connectivity index (χ2n) is 9.71. The van der Waals surface area contributed by atoms with E-state index in [9.17, 15) is 18.3 Å². The van der Waals surface area contributed by atoms with Crippen LogP contribution in [0.25, 0.3) is 11.1 Å². The third kappa shape index (κ3) is 4.95. The largest absolute Gasteiger partial charge is 0.493 e. The highest BCUT2D eigenvalue weighted by molar-refractivity contribution is 7.91. The Balaban J connectivity index is 1.63. The lowest BCUT2D eigenvalue weighted by Crippen LogP contribution is -2.27. The monoisotopic (exact) mass is 561 g/mol. The average Bonchev–Trinajstić information content (AvgIpc) is 3.42. The minimum atomic E-state index is -4.41. The van der Waals surface area contributed by atoms with E-state index in [1.807, 2.05) is 39.0 Å². The van der Waals surface area contributed by atoms with Gasteiger partial charge in [0.05, 0.1) is 10.9 Å². The Morgan fingerprint density at radius 2 is 1.80 bits per heavy atom. The normalized spacial score (nSPS) is 13.4. The number of nitrogens with zero attached hydrogens (tertiary/aromatic N) is 3. The van der Waals surface area contributed by atoms with Crippen molar-refractivity contribution >= 4 is 9.84 Å². The predicted octanol–water partition coefficient (Wildman–Crippen LogP) is 5.22. The summed E-state index contributed by atoms with van der Waals surface area (Å²) in [6.07, 6.45) is 5.85. The fourth-order valence-electron chi connectivity index (χ4n) is 5.04. The first-order chi connectivity index (χ1) is 19.3. The first-order valence-corrected chi connectivity index (χ1v) is 14.7. The molecular weight excluding hydrogens is 530 g/mol. The summed E-state index contributed by atoms with van der Waals surface area (Å²) in [7, 11) is -4.41. The van der Waals surface area contributed by atoms with Crippen LogP contribution in [0.4, 0.5) is 0 Å². The lowest BCUT2D eigenvalue weighted by molar-refractivity contribution is 0.174. The van der Waals surface area contributed by atoms with Crippen molar-refractivity contribution in [2.75, 3.05) is 6.79 Å². The molecule has 1 aliphatic heterocycles. The van der Waals surface area contributed by atoms with E-state index in [0.29, 0.717) is 36.6 Å². The molecule has 208 valence electrons. The number of hydrogen-bond donors (Lipinski definition) is 1. The van der Waals surface area contributed by atoms with Crippen molar-refractivity contribution < 1.29 is 23.0 Å². The number of rotatable bonds is 9. The molecule has 0 saturated heterocycles. The molecular formula is C30H31N3O6S. The Hall–Kier alpha value is -4.18. The molecule has 0 radical (unpaired) electrons. The molecule has 1 atom stereocenters. The van der Waals surface area contributed by atoms with Crippen LogP contribution in [-0.4, -0.2) is 34.9 Å². The van der Waals surface area contributed by atoms with Gasteiger partial charge in [-0.15, -0.1) is 0 Å². The van der Waals surface area contributed by atoms with Gasteiger partial charge in [0, 0.05) is 18.8 Å². The first-order valence-electron chi connectivity index (χ1n) is 13.3. The number of unbranched alkanes of at least 4 members (excludes halogenated alkanes) is 1. The van der Waals surface area contributed by atoms with E-state index in [0.717, 1.165) is 28.7 Å². The standard InChI is InChI=1S/C30H31N3O6S/c1-4-6-7-27-32-29(34)28(30(35)33(27)24(5-2)21-10-13-25-26(16-21)39-18-38-25)40(36,37)22-11-8-20(9-12-22)23-14-15-31-17-19(23)3/h8-17,24,35H,4-7,18H2,1-3H3. The van der Waals surface area contributed by atoms with Crippen LogP contribution in [-0.2, 0) is 16.3 Å². The van der Waals surface area contributed by atoms with Gasteiger partial charge in [-0.1, -0.05) is 38.5 Å². The minimum absolute atomic E-state index is 0.110. The Labute approximate surface area is 233 Å². The van der Waals surface area contributed by atoms with Crippen LogP contribution in [0.1, 0.15) is 56.1 Å². The summed E-state index contributed by atoms with van der Waals surface area (Å²) >= 11 is 0. The lowest BCUT2D eigenvalue weighted by atomic mass is 10.0. The molecule has 1 aliphatic rings. The molecule has 40 heavy (non-hydrogen) atoms. The van der Waals surface area contributed by atoms with E-state index in [-0.39, 0.29) is 11.7 Å². The van der Waals surface area contributed by atoms with E-state index in [4.69, 9.17) is 9.47 Å². The SMILES string of the molecule is CCCCc1nc(=O)c(S(=O)(=O)c2ccc(-c3ccncc3C)cc2)c(O)n1C(CC)c1ccc2c(c1)OCO2. The molecule has 4 aromatic rings. The van der Waals surface area contributed by atoms with Gasteiger partial charge in [-0.2, -0.15) is 4.98 Å². The molecule has 0 spiro atoms. The highest BCUT2D eigenvalue weighted by Gasteiger charge is 2.32. The number of aromatic nitrogens is 3. The number of aryl methyl sites for hydroxylation is 2. The molecule has 1 unspecified atom stereocenters. The summed E-state index contributed by atoms with van der Waals surface area (Å²) in [5, 5.41) is 11.6. The van der Waals surface area contributed by atoms with Crippen molar-refractivity contribution in [3.8, 4) is 28.5 Å². The van der Waals surface area contributed by atoms with Gasteiger partial charge in [-0.05, 0) is 72.4 Å². The molecule has 0 fully saturated rings. The number of pyridine rings is 1. The van der Waals surface area contributed by atoms with Gasteiger partial charge < -0.3 is 14.6 Å². The Morgan fingerprint density at radius 1 is 1.05 bits per heavy atom. The van der Waals surface area contributed by atoms with Crippen molar-refractivity contribution in [1.82, 2.24) is 14.5 Å². The van der Waals surface area contributed by atoms with Crippen LogP contribution >= 0.6 is 0 Å². The van der Waals surface area contributed by atoms with Crippen molar-refractivity contribution in [3.05, 3.63) is 88.2 Å². The summed E-state index contributed by atoms with van der Waals surface area (Å²) in [5.41, 5.74) is 2.46. The van der Waals surface area contributed by atoms with Crippen molar-refractivity contribution in [3.63, 3.8) is 0 Å². The van der Waals surface area contributed by atoms with E-state index in [2.05, 4.69) is 9.97 Å². The van der Waals surface area contributed by atoms with E-state index in [1.165, 1.54) is 16.7 Å². The molecule has 5 rings (SSSR count). The summed E-state index contributed by atoms with van der Waals surface area (Å²) in [6, 6.07) is 13.0. The maximum absolute atomic E-state index is 13.8. The molecule has 2 aromatic heterocycles. The number of sulfone groups is 1. The van der Waals surface area contributed by atoms with Crippen molar-refractivity contribution in [2.24, 2.45) is 0 Å². The Morgan fingerprint density at radius 3 is 2.50 bits per heavy atom. The summed E-state index contributed by atoms with van der Waals surface area (Å²) < 4.78 is 40.1. The Bertz CT molecular complexity index is 1710. The van der Waals surface area contributed by atoms with Gasteiger partial charge in [0.2, 0.25) is 22.5 Å². The lowest BCUT2D eigenvalue weighted by Gasteiger charge is -2.25. The smallest absolute Gasteiger partial charge is 0.296 e. The third-order valence-electron chi connectivity index (χ3n) is 7.13. The molecule has 2 aromatic carbocycles. The van der Waals surface area contributed by atoms with Crippen LogP contribution in [0.2, 0.25) is 0 Å². The average molecular weight is 562 g/mol. The van der Waals surface area contributed by atoms with E-state index < -0.39 is 32.2 Å². The summed E-state index contributed by atoms with van der Waals surface area (Å²) in [6.45, 7) is 5.96. The number of benzene rings is 2. The molecule has 1 N–H and O–H groups in total. The topological polar surface area (TPSA) is 121 Å². The summed E-state index contributed by atoms with van der Waals surface area (Å²) in [5.74, 6) is 0.888. The van der Waals surface area contributed by atoms with Gasteiger partial charge in [0.25, 0.3) is 5.56 Å². The van der Waals surface area contributed by atoms with Gasteiger partial charge >= 0.3 is 0 Å². The van der Waals surface area contributed by atoms with Crippen LogP contribution in [0.5, 0.6) is 17.4 Å². The quantitative estimate of drug-likeness (QED) is 0.295. The number of hydrogen-bond acceptors (Lipinski definition) is 8. The van der Waals surface area contributed by atoms with Crippen molar-refractivity contribution in [1.29, 1.82) is 0 Å². The second kappa shape index (κ2) is 11.1.